The van der Waals surface area contributed by atoms with Gasteiger partial charge >= 0.3 is 0 Å². The van der Waals surface area contributed by atoms with Crippen molar-refractivity contribution < 1.29 is 0 Å². The van der Waals surface area contributed by atoms with E-state index in [1.807, 2.05) is 10.6 Å². The van der Waals surface area contributed by atoms with Gasteiger partial charge in [-0.1, -0.05) is 101 Å². The second-order valence-electron chi connectivity index (χ2n) is 13.2. The van der Waals surface area contributed by atoms with Crippen LogP contribution in [0.15, 0.2) is 48.5 Å². The zero-order valence-corrected chi connectivity index (χ0v) is 34.2. The van der Waals surface area contributed by atoms with Gasteiger partial charge in [0, 0.05) is 5.40 Å². The van der Waals surface area contributed by atoms with E-state index < -0.39 is 0 Å². The first kappa shape index (κ1) is 33.8. The first-order valence-corrected chi connectivity index (χ1v) is 25.4. The van der Waals surface area contributed by atoms with Crippen molar-refractivity contribution in [2.24, 2.45) is 11.8 Å². The van der Waals surface area contributed by atoms with Crippen LogP contribution in [-0.2, 0) is 0 Å². The molecule has 0 nitrogen and oxygen atoms in total. The molecule has 230 valence electrons. The average Bonchev–Trinajstić information content (AvgIpc) is 3.77. The maximum atomic E-state index is 3.51. The van der Waals surface area contributed by atoms with Crippen molar-refractivity contribution in [1.82, 2.24) is 0 Å². The predicted molar refractivity (Wildman–Crippen MR) is 215 cm³/mol. The molecule has 9 unspecified atom stereocenters. The fourth-order valence-corrected chi connectivity index (χ4v) is 30.0. The Morgan fingerprint density at radius 2 is 1.17 bits per heavy atom. The third-order valence-corrected chi connectivity index (χ3v) is 29.6. The van der Waals surface area contributed by atoms with E-state index in [4.69, 9.17) is 0 Å². The van der Waals surface area contributed by atoms with Crippen LogP contribution in [0, 0.1) is 11.8 Å². The minimum Gasteiger partial charge on any atom is -0.129 e. The molecular formula is C34H54P8. The molecule has 4 saturated heterocycles. The Balaban J connectivity index is 1.31. The van der Waals surface area contributed by atoms with E-state index in [0.29, 0.717) is 0 Å². The summed E-state index contributed by atoms with van der Waals surface area (Å²) in [5, 5.41) is 10.3. The number of hydrogen-bond acceptors (Lipinski definition) is 0. The lowest BCUT2D eigenvalue weighted by Gasteiger charge is -2.34. The van der Waals surface area contributed by atoms with Crippen LogP contribution >= 0.6 is 68.6 Å². The van der Waals surface area contributed by atoms with Crippen molar-refractivity contribution in [2.75, 3.05) is 6.16 Å². The molecule has 2 aromatic rings. The van der Waals surface area contributed by atoms with Crippen molar-refractivity contribution in [3.63, 3.8) is 0 Å². The second-order valence-corrected chi connectivity index (χ2v) is 29.0. The first-order chi connectivity index (χ1) is 20.4. The van der Waals surface area contributed by atoms with E-state index in [0.717, 1.165) is 50.4 Å². The lowest BCUT2D eigenvalue weighted by molar-refractivity contribution is 0.330. The third-order valence-electron chi connectivity index (χ3n) is 11.1. The molecule has 8 heteroatoms. The van der Waals surface area contributed by atoms with Gasteiger partial charge in [0.25, 0.3) is 0 Å². The molecule has 0 amide bonds. The van der Waals surface area contributed by atoms with E-state index in [1.54, 1.807) is 10.6 Å². The zero-order valence-electron chi connectivity index (χ0n) is 26.0. The Hall–Kier alpha value is 1.88. The van der Waals surface area contributed by atoms with Crippen LogP contribution in [0.1, 0.15) is 78.6 Å². The van der Waals surface area contributed by atoms with Gasteiger partial charge in [0.2, 0.25) is 0 Å². The molecular weight excluding hydrogens is 656 g/mol. The molecule has 16 atom stereocenters. The fourth-order valence-electron chi connectivity index (χ4n) is 9.11. The average molecular weight is 711 g/mol. The van der Waals surface area contributed by atoms with Crippen LogP contribution in [-0.4, -0.2) is 44.7 Å². The topological polar surface area (TPSA) is 0 Å². The molecule has 4 heterocycles. The van der Waals surface area contributed by atoms with Gasteiger partial charge in [-0.2, -0.15) is 0 Å². The molecule has 0 saturated carbocycles. The summed E-state index contributed by atoms with van der Waals surface area (Å²) in [5.74, 6) is 1.75. The van der Waals surface area contributed by atoms with Crippen LogP contribution in [0.2, 0.25) is 0 Å². The number of hydrogen-bond donors (Lipinski definition) is 0. The summed E-state index contributed by atoms with van der Waals surface area (Å²) >= 11 is 0. The van der Waals surface area contributed by atoms with E-state index in [2.05, 4.69) is 106 Å². The minimum atomic E-state index is -0.192. The van der Waals surface area contributed by atoms with E-state index in [9.17, 15) is 0 Å². The molecule has 0 radical (unpaired) electrons. The first-order valence-electron chi connectivity index (χ1n) is 16.7. The van der Waals surface area contributed by atoms with Crippen molar-refractivity contribution in [3.8, 4) is 0 Å². The Labute approximate surface area is 272 Å². The molecule has 6 rings (SSSR count). The van der Waals surface area contributed by atoms with Gasteiger partial charge in [0.15, 0.2) is 0 Å². The largest absolute Gasteiger partial charge is 0.129 e. The number of rotatable bonds is 8. The molecule has 4 aliphatic heterocycles. The van der Waals surface area contributed by atoms with Crippen molar-refractivity contribution in [1.29, 1.82) is 0 Å². The maximum absolute atomic E-state index is 3.51. The molecule has 0 aliphatic carbocycles. The summed E-state index contributed by atoms with van der Waals surface area (Å²) < 4.78 is 0. The Morgan fingerprint density at radius 3 is 1.76 bits per heavy atom. The van der Waals surface area contributed by atoms with Crippen LogP contribution in [0.3, 0.4) is 0 Å². The summed E-state index contributed by atoms with van der Waals surface area (Å²) in [7, 11) is 13.0. The van der Waals surface area contributed by atoms with Crippen molar-refractivity contribution in [3.05, 3.63) is 48.5 Å². The molecule has 42 heavy (non-hydrogen) atoms. The smallest absolute Gasteiger partial charge is 0.00150 e. The lowest BCUT2D eigenvalue weighted by Crippen LogP contribution is -2.31. The highest BCUT2D eigenvalue weighted by Gasteiger charge is 2.52. The Kier molecular flexibility index (Phi) is 12.0. The monoisotopic (exact) mass is 710 g/mol. The van der Waals surface area contributed by atoms with Gasteiger partial charge in [0.05, 0.1) is 0 Å². The lowest BCUT2D eigenvalue weighted by atomic mass is 9.84. The van der Waals surface area contributed by atoms with Crippen molar-refractivity contribution >= 4 is 89.9 Å². The van der Waals surface area contributed by atoms with Crippen molar-refractivity contribution in [2.45, 2.75) is 117 Å². The standard InChI is InChI=1S/C34H54P8/c1-4-22-12-11-19-39(22)27-13-7-8-14-28(27)40-23(5-2)20-24(26(40)6-3)25-21-33(37)42(34(25)38)30-16-10-9-15-29(30)41-31(35)17-18-32(41)36/h7-10,13-16,22-26,31-34H,4-6,11-12,17-21,35-38H2,1-3H3/t22-,23-,24?,25?,26-,31+,32+,33+,34+,39?,40?,42?/m1/s1. The highest BCUT2D eigenvalue weighted by Crippen LogP contribution is 2.70. The van der Waals surface area contributed by atoms with E-state index in [-0.39, 0.29) is 31.7 Å². The summed E-state index contributed by atoms with van der Waals surface area (Å²) in [6, 6.07) is 19.8. The fraction of sp³-hybridized carbons (Fsp3) is 0.647. The Morgan fingerprint density at radius 1 is 0.595 bits per heavy atom. The van der Waals surface area contributed by atoms with Crippen LogP contribution in [0.5, 0.6) is 0 Å². The van der Waals surface area contributed by atoms with Crippen LogP contribution in [0.25, 0.3) is 0 Å². The highest BCUT2D eigenvalue weighted by atomic mass is 31.2. The van der Waals surface area contributed by atoms with Crippen LogP contribution < -0.4 is 21.2 Å². The molecule has 0 N–H and O–H groups in total. The molecule has 4 aliphatic rings. The van der Waals surface area contributed by atoms with Gasteiger partial charge in [-0.15, -0.1) is 37.0 Å². The molecule has 0 spiro atoms. The zero-order chi connectivity index (χ0) is 29.5. The highest BCUT2D eigenvalue weighted by molar-refractivity contribution is 7.82. The van der Waals surface area contributed by atoms with Crippen LogP contribution in [0.4, 0.5) is 0 Å². The molecule has 0 aromatic heterocycles. The van der Waals surface area contributed by atoms with Gasteiger partial charge < -0.3 is 0 Å². The summed E-state index contributed by atoms with van der Waals surface area (Å²) in [6.45, 7) is 7.52. The SMILES string of the molecule is CC[C@@H]1CCCP1c1ccccc1P1[C@H](CC)CC(C2C[C@@H](P)P(c3ccccc3P3[C@H](P)CC[C@H]3P)[C@@H]2P)[C@H]1CC. The molecule has 4 fully saturated rings. The maximum Gasteiger partial charge on any atom is 0.00150 e. The molecule has 2 aromatic carbocycles. The number of benzene rings is 2. The van der Waals surface area contributed by atoms with Gasteiger partial charge in [-0.05, 0) is 130 Å². The normalized spacial score (nSPS) is 40.7. The Bertz CT molecular complexity index is 1200. The van der Waals surface area contributed by atoms with Gasteiger partial charge in [0.1, 0.15) is 0 Å². The van der Waals surface area contributed by atoms with E-state index >= 15 is 0 Å². The van der Waals surface area contributed by atoms with Gasteiger partial charge in [-0.25, -0.2) is 0 Å². The van der Waals surface area contributed by atoms with E-state index in [1.165, 1.54) is 63.9 Å². The summed E-state index contributed by atoms with van der Waals surface area (Å²) in [6.07, 6.45) is 14.2. The predicted octanol–water partition coefficient (Wildman–Crippen LogP) is 9.58. The second kappa shape index (κ2) is 15.0. The third kappa shape index (κ3) is 6.36. The summed E-state index contributed by atoms with van der Waals surface area (Å²) in [5.41, 5.74) is 2.77. The molecule has 0 bridgehead atoms. The van der Waals surface area contributed by atoms with Gasteiger partial charge in [-0.3, -0.25) is 0 Å². The summed E-state index contributed by atoms with van der Waals surface area (Å²) in [4.78, 5) is 0. The quantitative estimate of drug-likeness (QED) is 0.240. The minimum absolute atomic E-state index is 0.0276.